The molecule has 0 bridgehead atoms. The smallest absolute Gasteiger partial charge is 0.259 e. The molecule has 7 heteroatoms. The summed E-state index contributed by atoms with van der Waals surface area (Å²) in [5, 5.41) is 6.24. The van der Waals surface area contributed by atoms with E-state index in [4.69, 9.17) is 11.6 Å². The number of nitrogens with one attached hydrogen (secondary N) is 2. The molecule has 0 fully saturated rings. The van der Waals surface area contributed by atoms with Crippen molar-refractivity contribution in [3.63, 3.8) is 0 Å². The Balaban J connectivity index is 1.81. The molecular formula is C11H8ClN5O. The van der Waals surface area contributed by atoms with Gasteiger partial charge < -0.3 is 5.32 Å². The number of anilines is 1. The Morgan fingerprint density at radius 2 is 2.06 bits per heavy atom. The normalized spacial score (nSPS) is 20.9. The summed E-state index contributed by atoms with van der Waals surface area (Å²) in [4.78, 5) is 23.7. The quantitative estimate of drug-likeness (QED) is 0.792. The van der Waals surface area contributed by atoms with Gasteiger partial charge in [-0.25, -0.2) is 4.99 Å². The Hall–Kier alpha value is -2.21. The molecule has 2 aliphatic rings. The summed E-state index contributed by atoms with van der Waals surface area (Å²) in [5.41, 5.74) is 0.774. The second-order valence-corrected chi connectivity index (χ2v) is 4.17. The Kier molecular flexibility index (Phi) is 2.56. The number of nitrogens with zero attached hydrogens (tertiary/aromatic N) is 3. The molecule has 1 aromatic carbocycles. The number of carbonyl (C=O) groups excluding carboxylic acids is 1. The molecule has 1 amide bonds. The number of fused-ring (bicyclic) bond motifs is 1. The molecule has 0 saturated heterocycles. The highest BCUT2D eigenvalue weighted by Crippen LogP contribution is 2.14. The minimum atomic E-state index is -0.610. The molecule has 2 aliphatic heterocycles. The Bertz CT molecular complexity index is 590. The number of carbonyl (C=O) groups is 1. The van der Waals surface area contributed by atoms with Gasteiger partial charge in [-0.3, -0.25) is 15.1 Å². The molecule has 0 aromatic heterocycles. The van der Waals surface area contributed by atoms with Crippen LogP contribution >= 0.6 is 11.6 Å². The average molecular weight is 262 g/mol. The summed E-state index contributed by atoms with van der Waals surface area (Å²) < 4.78 is 0. The summed E-state index contributed by atoms with van der Waals surface area (Å²) in [7, 11) is 0. The zero-order valence-electron chi connectivity index (χ0n) is 9.09. The molecule has 0 saturated carbocycles. The zero-order valence-corrected chi connectivity index (χ0v) is 9.85. The van der Waals surface area contributed by atoms with Crippen LogP contribution in [0.15, 0.2) is 39.2 Å². The number of amidine groups is 1. The van der Waals surface area contributed by atoms with Crippen molar-refractivity contribution in [2.45, 2.75) is 6.04 Å². The van der Waals surface area contributed by atoms with Crippen molar-refractivity contribution in [2.75, 3.05) is 5.32 Å². The Morgan fingerprint density at radius 3 is 2.83 bits per heavy atom. The number of hydrogen-bond acceptors (Lipinski definition) is 5. The maximum atomic E-state index is 11.7. The van der Waals surface area contributed by atoms with E-state index in [1.165, 1.54) is 6.34 Å². The maximum Gasteiger partial charge on any atom is 0.259 e. The van der Waals surface area contributed by atoms with Crippen LogP contribution < -0.4 is 10.6 Å². The van der Waals surface area contributed by atoms with Crippen LogP contribution in [0.2, 0.25) is 5.02 Å². The predicted octanol–water partition coefficient (Wildman–Crippen LogP) is 1.05. The molecule has 1 unspecified atom stereocenters. The predicted molar refractivity (Wildman–Crippen MR) is 70.4 cm³/mol. The fourth-order valence-corrected chi connectivity index (χ4v) is 1.75. The average Bonchev–Trinajstić information content (AvgIpc) is 2.81. The van der Waals surface area contributed by atoms with E-state index in [9.17, 15) is 4.79 Å². The van der Waals surface area contributed by atoms with E-state index >= 15 is 0 Å². The lowest BCUT2D eigenvalue weighted by molar-refractivity contribution is -0.119. The van der Waals surface area contributed by atoms with Crippen LogP contribution in [0.5, 0.6) is 0 Å². The third-order valence-electron chi connectivity index (χ3n) is 2.47. The first-order valence-corrected chi connectivity index (χ1v) is 5.62. The summed E-state index contributed by atoms with van der Waals surface area (Å²) in [6, 6.07) is 6.45. The second kappa shape index (κ2) is 4.23. The second-order valence-electron chi connectivity index (χ2n) is 3.74. The number of guanidine groups is 1. The maximum absolute atomic E-state index is 11.7. The van der Waals surface area contributed by atoms with Gasteiger partial charge >= 0.3 is 0 Å². The zero-order chi connectivity index (χ0) is 12.5. The molecule has 1 aromatic rings. The summed E-state index contributed by atoms with van der Waals surface area (Å²) in [6.45, 7) is 0. The highest BCUT2D eigenvalue weighted by Gasteiger charge is 2.31. The molecule has 2 heterocycles. The third-order valence-corrected chi connectivity index (χ3v) is 2.73. The van der Waals surface area contributed by atoms with Gasteiger partial charge in [0.1, 0.15) is 6.34 Å². The number of aliphatic imine (C=N–C) groups is 3. The first-order chi connectivity index (χ1) is 8.72. The summed E-state index contributed by atoms with van der Waals surface area (Å²) in [6.07, 6.45) is 1.34. The van der Waals surface area contributed by atoms with Crippen molar-refractivity contribution in [1.29, 1.82) is 0 Å². The van der Waals surface area contributed by atoms with E-state index in [1.807, 2.05) is 0 Å². The standard InChI is InChI=1S/C11H8ClN5O/c12-6-1-3-7(4-2-6)15-11-16-9-8(10(18)17-11)13-5-14-9/h1-5,8H,(H2,13,14,15,16,17,18). The van der Waals surface area contributed by atoms with Crippen LogP contribution in [-0.4, -0.2) is 30.1 Å². The van der Waals surface area contributed by atoms with Gasteiger partial charge in [0.2, 0.25) is 5.96 Å². The number of amides is 1. The molecule has 90 valence electrons. The minimum absolute atomic E-state index is 0.242. The van der Waals surface area contributed by atoms with Crippen LogP contribution in [0.3, 0.4) is 0 Å². The van der Waals surface area contributed by atoms with Crippen molar-refractivity contribution in [2.24, 2.45) is 15.0 Å². The van der Waals surface area contributed by atoms with Gasteiger partial charge in [0, 0.05) is 10.7 Å². The van der Waals surface area contributed by atoms with Gasteiger partial charge in [-0.1, -0.05) is 11.6 Å². The van der Waals surface area contributed by atoms with Gasteiger partial charge in [0.25, 0.3) is 5.91 Å². The van der Waals surface area contributed by atoms with Crippen molar-refractivity contribution in [3.05, 3.63) is 29.3 Å². The van der Waals surface area contributed by atoms with Gasteiger partial charge in [-0.05, 0) is 24.3 Å². The van der Waals surface area contributed by atoms with E-state index in [2.05, 4.69) is 25.6 Å². The molecule has 3 rings (SSSR count). The molecule has 1 atom stereocenters. The van der Waals surface area contributed by atoms with Crippen molar-refractivity contribution >= 4 is 41.3 Å². The van der Waals surface area contributed by atoms with Crippen molar-refractivity contribution in [3.8, 4) is 0 Å². The highest BCUT2D eigenvalue weighted by atomic mass is 35.5. The molecule has 2 N–H and O–H groups in total. The fraction of sp³-hybridized carbons (Fsp3) is 0.0909. The SMILES string of the molecule is O=C1NC(Nc2ccc(Cl)cc2)=NC2=NC=NC12. The number of halogens is 1. The van der Waals surface area contributed by atoms with Crippen LogP contribution in [-0.2, 0) is 4.79 Å². The first-order valence-electron chi connectivity index (χ1n) is 5.24. The monoisotopic (exact) mass is 261 g/mol. The number of hydrogen-bond donors (Lipinski definition) is 2. The van der Waals surface area contributed by atoms with Gasteiger partial charge in [0.15, 0.2) is 11.9 Å². The van der Waals surface area contributed by atoms with Gasteiger partial charge in [-0.2, -0.15) is 4.99 Å². The van der Waals surface area contributed by atoms with E-state index in [-0.39, 0.29) is 5.91 Å². The lowest BCUT2D eigenvalue weighted by atomic mass is 10.2. The van der Waals surface area contributed by atoms with Gasteiger partial charge in [0.05, 0.1) is 0 Å². The largest absolute Gasteiger partial charge is 0.326 e. The molecule has 6 nitrogen and oxygen atoms in total. The summed E-state index contributed by atoms with van der Waals surface area (Å²) >= 11 is 5.79. The lowest BCUT2D eigenvalue weighted by Crippen LogP contribution is -2.48. The third kappa shape index (κ3) is 1.98. The Labute approximate surface area is 107 Å². The Morgan fingerprint density at radius 1 is 1.28 bits per heavy atom. The topological polar surface area (TPSA) is 78.2 Å². The van der Waals surface area contributed by atoms with Crippen LogP contribution in [0, 0.1) is 0 Å². The molecular weight excluding hydrogens is 254 g/mol. The first kappa shape index (κ1) is 10.9. The van der Waals surface area contributed by atoms with Crippen molar-refractivity contribution in [1.82, 2.24) is 5.32 Å². The van der Waals surface area contributed by atoms with Crippen LogP contribution in [0.25, 0.3) is 0 Å². The van der Waals surface area contributed by atoms with E-state index in [0.717, 1.165) is 5.69 Å². The minimum Gasteiger partial charge on any atom is -0.326 e. The summed E-state index contributed by atoms with van der Waals surface area (Å²) in [5.74, 6) is 0.493. The molecule has 0 spiro atoms. The number of rotatable bonds is 1. The van der Waals surface area contributed by atoms with E-state index < -0.39 is 6.04 Å². The lowest BCUT2D eigenvalue weighted by Gasteiger charge is -2.18. The molecule has 18 heavy (non-hydrogen) atoms. The highest BCUT2D eigenvalue weighted by molar-refractivity contribution is 6.30. The molecule has 0 radical (unpaired) electrons. The van der Waals surface area contributed by atoms with E-state index in [0.29, 0.717) is 16.8 Å². The fourth-order valence-electron chi connectivity index (χ4n) is 1.63. The van der Waals surface area contributed by atoms with Crippen molar-refractivity contribution < 1.29 is 4.79 Å². The van der Waals surface area contributed by atoms with E-state index in [1.54, 1.807) is 24.3 Å². The molecule has 0 aliphatic carbocycles. The number of benzene rings is 1. The van der Waals surface area contributed by atoms with Crippen LogP contribution in [0.4, 0.5) is 5.69 Å². The van der Waals surface area contributed by atoms with Crippen LogP contribution in [0.1, 0.15) is 0 Å². The van der Waals surface area contributed by atoms with Gasteiger partial charge in [-0.15, -0.1) is 0 Å².